The Morgan fingerprint density at radius 2 is 1.33 bits per heavy atom. The van der Waals surface area contributed by atoms with E-state index in [1.54, 1.807) is 6.92 Å². The van der Waals surface area contributed by atoms with Gasteiger partial charge in [0.25, 0.3) is 0 Å². The first-order chi connectivity index (χ1) is 17.1. The summed E-state index contributed by atoms with van der Waals surface area (Å²) in [7, 11) is 0. The lowest BCUT2D eigenvalue weighted by molar-refractivity contribution is -0.228. The van der Waals surface area contributed by atoms with Crippen LogP contribution in [0.3, 0.4) is 0 Å². The monoisotopic (exact) mass is 512 g/mol. The number of halogens is 6. The summed E-state index contributed by atoms with van der Waals surface area (Å²) in [5.74, 6) is -12.3. The average Bonchev–Trinajstić information content (AvgIpc) is 2.84. The number of fused-ring (bicyclic) bond motifs is 3. The lowest BCUT2D eigenvalue weighted by atomic mass is 9.78. The van der Waals surface area contributed by atoms with Gasteiger partial charge < -0.3 is 4.74 Å². The summed E-state index contributed by atoms with van der Waals surface area (Å²) >= 11 is 0. The van der Waals surface area contributed by atoms with Crippen molar-refractivity contribution in [1.29, 1.82) is 0 Å². The summed E-state index contributed by atoms with van der Waals surface area (Å²) in [6, 6.07) is 4.82. The smallest absolute Gasteiger partial charge is 0.343 e. The van der Waals surface area contributed by atoms with Gasteiger partial charge in [0.05, 0.1) is 17.7 Å². The van der Waals surface area contributed by atoms with E-state index in [1.165, 1.54) is 43.9 Å². The molecule has 2 aliphatic rings. The molecule has 7 heteroatoms. The van der Waals surface area contributed by atoms with E-state index in [-0.39, 0.29) is 24.5 Å². The van der Waals surface area contributed by atoms with Crippen molar-refractivity contribution < 1.29 is 31.1 Å². The third-order valence-corrected chi connectivity index (χ3v) is 7.82. The number of aryl methyl sites for hydroxylation is 1. The molecule has 1 saturated carbocycles. The minimum absolute atomic E-state index is 0.0596. The third kappa shape index (κ3) is 4.74. The predicted molar refractivity (Wildman–Crippen MR) is 129 cm³/mol. The van der Waals surface area contributed by atoms with Crippen molar-refractivity contribution in [3.8, 4) is 16.9 Å². The second-order valence-corrected chi connectivity index (χ2v) is 10.4. The van der Waals surface area contributed by atoms with E-state index in [9.17, 15) is 4.39 Å². The quantitative estimate of drug-likeness (QED) is 0.240. The van der Waals surface area contributed by atoms with E-state index < -0.39 is 51.5 Å². The molecule has 0 saturated heterocycles. The highest BCUT2D eigenvalue weighted by Gasteiger charge is 2.65. The number of benzene rings is 2. The summed E-state index contributed by atoms with van der Waals surface area (Å²) in [4.78, 5) is 0. The number of rotatable bonds is 9. The van der Waals surface area contributed by atoms with Crippen LogP contribution in [0.5, 0.6) is 5.75 Å². The maximum atomic E-state index is 15.3. The minimum atomic E-state index is -4.93. The number of alkyl halides is 4. The van der Waals surface area contributed by atoms with Gasteiger partial charge in [-0.2, -0.15) is 17.6 Å². The molecule has 0 heterocycles. The van der Waals surface area contributed by atoms with Crippen molar-refractivity contribution in [2.45, 2.75) is 89.9 Å². The number of hydrogen-bond donors (Lipinski definition) is 0. The van der Waals surface area contributed by atoms with Gasteiger partial charge in [-0.3, -0.25) is 0 Å². The van der Waals surface area contributed by atoms with Crippen LogP contribution in [-0.4, -0.2) is 6.61 Å². The molecular weight excluding hydrogens is 478 g/mol. The second kappa shape index (κ2) is 10.7. The molecule has 0 aromatic heterocycles. The van der Waals surface area contributed by atoms with E-state index in [2.05, 4.69) is 6.92 Å². The van der Waals surface area contributed by atoms with Gasteiger partial charge in [-0.25, -0.2) is 8.78 Å². The molecule has 2 aromatic carbocycles. The van der Waals surface area contributed by atoms with Crippen LogP contribution >= 0.6 is 0 Å². The van der Waals surface area contributed by atoms with Crippen molar-refractivity contribution in [2.24, 2.45) is 11.8 Å². The molecule has 2 aromatic rings. The number of unbranched alkanes of at least 4 members (excludes halogenated alkanes) is 2. The fourth-order valence-electron chi connectivity index (χ4n) is 5.70. The van der Waals surface area contributed by atoms with Crippen molar-refractivity contribution >= 4 is 0 Å². The molecule has 0 N–H and O–H groups in total. The third-order valence-electron chi connectivity index (χ3n) is 7.82. The molecule has 0 aliphatic heterocycles. The molecule has 0 amide bonds. The highest BCUT2D eigenvalue weighted by molar-refractivity contribution is 5.77. The Labute approximate surface area is 209 Å². The van der Waals surface area contributed by atoms with E-state index in [0.717, 1.165) is 31.7 Å². The first kappa shape index (κ1) is 26.9. The fraction of sp³-hybridized carbons (Fsp3) is 0.586. The van der Waals surface area contributed by atoms with Gasteiger partial charge in [-0.05, 0) is 59.9 Å². The minimum Gasteiger partial charge on any atom is -0.490 e. The van der Waals surface area contributed by atoms with Gasteiger partial charge in [0.2, 0.25) is 0 Å². The second-order valence-electron chi connectivity index (χ2n) is 10.4. The Morgan fingerprint density at radius 1 is 0.750 bits per heavy atom. The summed E-state index contributed by atoms with van der Waals surface area (Å²) in [5, 5.41) is 0. The van der Waals surface area contributed by atoms with Crippen molar-refractivity contribution in [3.63, 3.8) is 0 Å². The number of hydrogen-bond acceptors (Lipinski definition) is 1. The van der Waals surface area contributed by atoms with Gasteiger partial charge in [0, 0.05) is 0 Å². The maximum Gasteiger partial charge on any atom is 0.343 e. The van der Waals surface area contributed by atoms with Gasteiger partial charge in [0.1, 0.15) is 5.82 Å². The van der Waals surface area contributed by atoms with E-state index in [0.29, 0.717) is 12.3 Å². The molecule has 0 spiro atoms. The van der Waals surface area contributed by atoms with Crippen LogP contribution in [0, 0.1) is 23.5 Å². The molecule has 0 atom stereocenters. The van der Waals surface area contributed by atoms with Crippen LogP contribution < -0.4 is 4.74 Å². The number of ether oxygens (including phenoxy) is 1. The lowest BCUT2D eigenvalue weighted by Crippen LogP contribution is -2.41. The van der Waals surface area contributed by atoms with Gasteiger partial charge in [0.15, 0.2) is 11.6 Å². The fourth-order valence-corrected chi connectivity index (χ4v) is 5.70. The van der Waals surface area contributed by atoms with Gasteiger partial charge in [-0.15, -0.1) is 0 Å². The van der Waals surface area contributed by atoms with Gasteiger partial charge >= 0.3 is 11.8 Å². The molecule has 0 radical (unpaired) electrons. The highest BCUT2D eigenvalue weighted by atomic mass is 19.3. The molecule has 0 bridgehead atoms. The first-order valence-electron chi connectivity index (χ1n) is 13.2. The Morgan fingerprint density at radius 3 is 1.94 bits per heavy atom. The largest absolute Gasteiger partial charge is 0.490 e. The van der Waals surface area contributed by atoms with E-state index in [1.807, 2.05) is 0 Å². The standard InChI is InChI=1S/C29H34F6O/c1-3-5-6-8-18-9-11-19(12-10-18)17-36-23-16-15-22-21-14-13-20(7-4-2)26(30)24(21)28(32,33)29(34,35)25(22)27(23)31/h13-16,18-19H,3-12,17H2,1-2H3. The predicted octanol–water partition coefficient (Wildman–Crippen LogP) is 9.55. The van der Waals surface area contributed by atoms with Crippen molar-refractivity contribution in [2.75, 3.05) is 6.61 Å². The van der Waals surface area contributed by atoms with Crippen LogP contribution in [0.2, 0.25) is 0 Å². The highest BCUT2D eigenvalue weighted by Crippen LogP contribution is 2.60. The summed E-state index contributed by atoms with van der Waals surface area (Å²) in [5.41, 5.74) is -3.70. The zero-order valence-electron chi connectivity index (χ0n) is 20.9. The summed E-state index contributed by atoms with van der Waals surface area (Å²) in [6.07, 6.45) is 9.34. The molecule has 1 nitrogen and oxygen atoms in total. The SMILES string of the molecule is CCCCCC1CCC(COc2ccc3c(c2F)C(F)(F)C(F)(F)c2c-3ccc(CCC)c2F)CC1. The molecule has 1 fully saturated rings. The summed E-state index contributed by atoms with van der Waals surface area (Å²) < 4.78 is 96.3. The van der Waals surface area contributed by atoms with E-state index in [4.69, 9.17) is 4.74 Å². The molecule has 198 valence electrons. The maximum absolute atomic E-state index is 15.3. The van der Waals surface area contributed by atoms with Crippen molar-refractivity contribution in [3.05, 3.63) is 52.6 Å². The molecule has 4 rings (SSSR count). The molecule has 36 heavy (non-hydrogen) atoms. The molecule has 0 unspecified atom stereocenters. The summed E-state index contributed by atoms with van der Waals surface area (Å²) in [6.45, 7) is 4.05. The van der Waals surface area contributed by atoms with Gasteiger partial charge in [-0.1, -0.05) is 70.9 Å². The van der Waals surface area contributed by atoms with Crippen molar-refractivity contribution in [1.82, 2.24) is 0 Å². The molecular formula is C29H34F6O. The van der Waals surface area contributed by atoms with Crippen LogP contribution in [0.1, 0.15) is 88.3 Å². The Hall–Kier alpha value is -2.18. The van der Waals surface area contributed by atoms with Crippen LogP contribution in [0.4, 0.5) is 26.3 Å². The zero-order chi connectivity index (χ0) is 26.1. The Balaban J connectivity index is 1.57. The topological polar surface area (TPSA) is 9.23 Å². The molecule has 2 aliphatic carbocycles. The van der Waals surface area contributed by atoms with Crippen LogP contribution in [-0.2, 0) is 18.3 Å². The van der Waals surface area contributed by atoms with E-state index >= 15 is 22.0 Å². The Kier molecular flexibility index (Phi) is 7.96. The van der Waals surface area contributed by atoms with Crippen LogP contribution in [0.25, 0.3) is 11.1 Å². The Bertz CT molecular complexity index is 1070. The zero-order valence-corrected chi connectivity index (χ0v) is 20.9. The normalized spacial score (nSPS) is 22.1. The first-order valence-corrected chi connectivity index (χ1v) is 13.2. The van der Waals surface area contributed by atoms with Crippen LogP contribution in [0.15, 0.2) is 24.3 Å². The average molecular weight is 513 g/mol. The lowest BCUT2D eigenvalue weighted by Gasteiger charge is -2.36.